The number of hydrogen-bond acceptors (Lipinski definition) is 2. The SMILES string of the molecule is Cc1c(C(F)(F)F)nn(C2CC2)c1N. The molecule has 0 saturated heterocycles. The minimum atomic E-state index is -4.40. The minimum absolute atomic E-state index is 0.0319. The van der Waals surface area contributed by atoms with Gasteiger partial charge in [-0.2, -0.15) is 18.3 Å². The maximum Gasteiger partial charge on any atom is 0.435 e. The zero-order valence-electron chi connectivity index (χ0n) is 7.60. The van der Waals surface area contributed by atoms with Crippen LogP contribution in [0.3, 0.4) is 0 Å². The molecule has 0 aromatic carbocycles. The largest absolute Gasteiger partial charge is 0.435 e. The van der Waals surface area contributed by atoms with Gasteiger partial charge in [0.25, 0.3) is 0 Å². The Hall–Kier alpha value is -1.20. The topological polar surface area (TPSA) is 43.8 Å². The van der Waals surface area contributed by atoms with E-state index in [-0.39, 0.29) is 17.4 Å². The molecule has 2 N–H and O–H groups in total. The molecule has 1 aromatic rings. The van der Waals surface area contributed by atoms with Crippen LogP contribution in [0.5, 0.6) is 0 Å². The fraction of sp³-hybridized carbons (Fsp3) is 0.625. The molecule has 0 radical (unpaired) electrons. The second kappa shape index (κ2) is 2.65. The van der Waals surface area contributed by atoms with E-state index in [0.717, 1.165) is 12.8 Å². The van der Waals surface area contributed by atoms with E-state index >= 15 is 0 Å². The molecule has 2 rings (SSSR count). The van der Waals surface area contributed by atoms with Crippen LogP contribution in [-0.2, 0) is 6.18 Å². The van der Waals surface area contributed by atoms with Crippen molar-refractivity contribution in [2.24, 2.45) is 0 Å². The highest BCUT2D eigenvalue weighted by molar-refractivity contribution is 5.44. The van der Waals surface area contributed by atoms with Crippen molar-refractivity contribution in [3.63, 3.8) is 0 Å². The summed E-state index contributed by atoms with van der Waals surface area (Å²) in [5.41, 5.74) is 4.71. The van der Waals surface area contributed by atoms with E-state index in [4.69, 9.17) is 5.73 Å². The molecule has 1 heterocycles. The third-order valence-electron chi connectivity index (χ3n) is 2.36. The van der Waals surface area contributed by atoms with Crippen LogP contribution in [0, 0.1) is 6.92 Å². The quantitative estimate of drug-likeness (QED) is 0.763. The minimum Gasteiger partial charge on any atom is -0.384 e. The highest BCUT2D eigenvalue weighted by atomic mass is 19.4. The van der Waals surface area contributed by atoms with Crippen molar-refractivity contribution in [2.45, 2.75) is 32.0 Å². The van der Waals surface area contributed by atoms with Crippen LogP contribution in [0.4, 0.5) is 19.0 Å². The number of nitrogens with zero attached hydrogens (tertiary/aromatic N) is 2. The summed E-state index contributed by atoms with van der Waals surface area (Å²) < 4.78 is 38.5. The summed E-state index contributed by atoms with van der Waals surface area (Å²) in [6.45, 7) is 1.35. The Kier molecular flexibility index (Phi) is 1.77. The van der Waals surface area contributed by atoms with Crippen LogP contribution >= 0.6 is 0 Å². The van der Waals surface area contributed by atoms with Gasteiger partial charge in [-0.15, -0.1) is 0 Å². The fourth-order valence-corrected chi connectivity index (χ4v) is 1.40. The molecule has 3 nitrogen and oxygen atoms in total. The maximum absolute atomic E-state index is 12.4. The van der Waals surface area contributed by atoms with Gasteiger partial charge in [-0.1, -0.05) is 0 Å². The Balaban J connectivity index is 2.47. The molecule has 0 spiro atoms. The number of aromatic nitrogens is 2. The van der Waals surface area contributed by atoms with Gasteiger partial charge in [0.1, 0.15) is 5.82 Å². The predicted molar refractivity (Wildman–Crippen MR) is 44.6 cm³/mol. The molecule has 14 heavy (non-hydrogen) atoms. The number of nitrogens with two attached hydrogens (primary N) is 1. The lowest BCUT2D eigenvalue weighted by Crippen LogP contribution is -2.08. The van der Waals surface area contributed by atoms with Crippen LogP contribution in [0.15, 0.2) is 0 Å². The zero-order valence-corrected chi connectivity index (χ0v) is 7.60. The van der Waals surface area contributed by atoms with Crippen LogP contribution < -0.4 is 5.73 Å². The summed E-state index contributed by atoms with van der Waals surface area (Å²) in [5, 5.41) is 3.51. The van der Waals surface area contributed by atoms with Gasteiger partial charge in [-0.05, 0) is 19.8 Å². The van der Waals surface area contributed by atoms with Gasteiger partial charge in [0.2, 0.25) is 0 Å². The molecular weight excluding hydrogens is 195 g/mol. The molecule has 0 unspecified atom stereocenters. The molecular formula is C8H10F3N3. The van der Waals surface area contributed by atoms with Gasteiger partial charge in [-0.3, -0.25) is 0 Å². The molecule has 0 aliphatic heterocycles. The first-order valence-corrected chi connectivity index (χ1v) is 4.33. The molecule has 1 aliphatic rings. The third-order valence-corrected chi connectivity index (χ3v) is 2.36. The molecule has 0 bridgehead atoms. The molecule has 1 aliphatic carbocycles. The lowest BCUT2D eigenvalue weighted by molar-refractivity contribution is -0.141. The van der Waals surface area contributed by atoms with Crippen LogP contribution in [0.25, 0.3) is 0 Å². The Morgan fingerprint density at radius 3 is 2.36 bits per heavy atom. The molecule has 0 atom stereocenters. The number of halogens is 3. The van der Waals surface area contributed by atoms with Crippen molar-refractivity contribution in [3.05, 3.63) is 11.3 Å². The summed E-state index contributed by atoms with van der Waals surface area (Å²) in [6.07, 6.45) is -2.68. The zero-order chi connectivity index (χ0) is 10.5. The Labute approximate surface area is 78.7 Å². The monoisotopic (exact) mass is 205 g/mol. The van der Waals surface area contributed by atoms with E-state index in [9.17, 15) is 13.2 Å². The fourth-order valence-electron chi connectivity index (χ4n) is 1.40. The van der Waals surface area contributed by atoms with Crippen LogP contribution in [0.2, 0.25) is 0 Å². The van der Waals surface area contributed by atoms with Crippen molar-refractivity contribution >= 4 is 5.82 Å². The Morgan fingerprint density at radius 2 is 2.00 bits per heavy atom. The summed E-state index contributed by atoms with van der Waals surface area (Å²) in [7, 11) is 0. The highest BCUT2D eigenvalue weighted by Crippen LogP contribution is 2.40. The molecule has 0 amide bonds. The smallest absolute Gasteiger partial charge is 0.384 e. The average Bonchev–Trinajstić information content (AvgIpc) is 2.81. The van der Waals surface area contributed by atoms with Crippen LogP contribution in [0.1, 0.15) is 30.1 Å². The lowest BCUT2D eigenvalue weighted by atomic mass is 10.2. The molecule has 6 heteroatoms. The van der Waals surface area contributed by atoms with Crippen molar-refractivity contribution in [1.82, 2.24) is 9.78 Å². The van der Waals surface area contributed by atoms with E-state index < -0.39 is 11.9 Å². The normalized spacial score (nSPS) is 17.4. The predicted octanol–water partition coefficient (Wildman–Crippen LogP) is 2.13. The molecule has 78 valence electrons. The Bertz CT molecular complexity index is 363. The molecule has 1 saturated carbocycles. The standard InChI is InChI=1S/C8H10F3N3/c1-4-6(8(9,10)11)13-14(7(4)12)5-2-3-5/h5H,2-3,12H2,1H3. The first kappa shape index (κ1) is 9.36. The van der Waals surface area contributed by atoms with Crippen LogP contribution in [-0.4, -0.2) is 9.78 Å². The van der Waals surface area contributed by atoms with Gasteiger partial charge in [0.05, 0.1) is 6.04 Å². The Morgan fingerprint density at radius 1 is 1.43 bits per heavy atom. The summed E-state index contributed by atoms with van der Waals surface area (Å²) in [5.74, 6) is 0.139. The summed E-state index contributed by atoms with van der Waals surface area (Å²) in [4.78, 5) is 0. The van der Waals surface area contributed by atoms with E-state index in [1.54, 1.807) is 0 Å². The third kappa shape index (κ3) is 1.34. The number of alkyl halides is 3. The number of rotatable bonds is 1. The lowest BCUT2D eigenvalue weighted by Gasteiger charge is -2.01. The van der Waals surface area contributed by atoms with Crippen molar-refractivity contribution in [3.8, 4) is 0 Å². The van der Waals surface area contributed by atoms with Crippen molar-refractivity contribution < 1.29 is 13.2 Å². The van der Waals surface area contributed by atoms with Gasteiger partial charge in [0, 0.05) is 5.56 Å². The van der Waals surface area contributed by atoms with E-state index in [1.807, 2.05) is 0 Å². The second-order valence-corrected chi connectivity index (χ2v) is 3.53. The second-order valence-electron chi connectivity index (χ2n) is 3.53. The first-order chi connectivity index (χ1) is 6.41. The van der Waals surface area contributed by atoms with E-state index in [1.165, 1.54) is 11.6 Å². The van der Waals surface area contributed by atoms with E-state index in [2.05, 4.69) is 5.10 Å². The maximum atomic E-state index is 12.4. The molecule has 1 fully saturated rings. The first-order valence-electron chi connectivity index (χ1n) is 4.33. The number of anilines is 1. The summed E-state index contributed by atoms with van der Waals surface area (Å²) in [6, 6.07) is 0.0739. The summed E-state index contributed by atoms with van der Waals surface area (Å²) >= 11 is 0. The van der Waals surface area contributed by atoms with Crippen molar-refractivity contribution in [2.75, 3.05) is 5.73 Å². The van der Waals surface area contributed by atoms with E-state index in [0.29, 0.717) is 0 Å². The number of nitrogen functional groups attached to an aromatic ring is 1. The molecule has 1 aromatic heterocycles. The highest BCUT2D eigenvalue weighted by Gasteiger charge is 2.39. The average molecular weight is 205 g/mol. The number of hydrogen-bond donors (Lipinski definition) is 1. The van der Waals surface area contributed by atoms with Gasteiger partial charge in [-0.25, -0.2) is 4.68 Å². The van der Waals surface area contributed by atoms with Gasteiger partial charge >= 0.3 is 6.18 Å². The van der Waals surface area contributed by atoms with Gasteiger partial charge < -0.3 is 5.73 Å². The van der Waals surface area contributed by atoms with Crippen molar-refractivity contribution in [1.29, 1.82) is 0 Å². The van der Waals surface area contributed by atoms with Gasteiger partial charge in [0.15, 0.2) is 5.69 Å².